The summed E-state index contributed by atoms with van der Waals surface area (Å²) >= 11 is 0. The fourth-order valence-electron chi connectivity index (χ4n) is 3.78. The Balaban J connectivity index is 1.65. The van der Waals surface area contributed by atoms with Crippen LogP contribution in [0.5, 0.6) is 0 Å². The van der Waals surface area contributed by atoms with Crippen LogP contribution in [0.3, 0.4) is 0 Å². The predicted octanol–water partition coefficient (Wildman–Crippen LogP) is 4.84. The minimum Gasteiger partial charge on any atom is -0.343 e. The number of carbonyl (C=O) groups is 1. The van der Waals surface area contributed by atoms with Crippen molar-refractivity contribution in [2.75, 3.05) is 19.6 Å². The van der Waals surface area contributed by atoms with Crippen molar-refractivity contribution >= 4 is 16.7 Å². The molecule has 0 radical (unpaired) electrons. The van der Waals surface area contributed by atoms with Crippen LogP contribution in [0.1, 0.15) is 51.5 Å². The van der Waals surface area contributed by atoms with Gasteiger partial charge in [-0.2, -0.15) is 0 Å². The lowest BCUT2D eigenvalue weighted by Crippen LogP contribution is -2.36. The van der Waals surface area contributed by atoms with E-state index in [9.17, 15) is 4.79 Å². The second-order valence-electron chi connectivity index (χ2n) is 7.47. The van der Waals surface area contributed by atoms with Crippen molar-refractivity contribution < 1.29 is 4.79 Å². The summed E-state index contributed by atoms with van der Waals surface area (Å²) in [4.78, 5) is 17.2. The standard InChI is InChI=1S/C23H32N2O/c1-3-15-24(16-4-2)23(26)14-17-25(21-12-13-21)18-20-10-7-9-19-8-5-6-11-22(19)20/h5-11,21H,3-4,12-18H2,1-2H3. The zero-order valence-corrected chi connectivity index (χ0v) is 16.3. The highest BCUT2D eigenvalue weighted by atomic mass is 16.2. The first-order valence-electron chi connectivity index (χ1n) is 10.2. The summed E-state index contributed by atoms with van der Waals surface area (Å²) in [6.07, 6.45) is 5.25. The third-order valence-corrected chi connectivity index (χ3v) is 5.27. The molecule has 0 unspecified atom stereocenters. The quantitative estimate of drug-likeness (QED) is 0.611. The first-order chi connectivity index (χ1) is 12.7. The van der Waals surface area contributed by atoms with Crippen molar-refractivity contribution in [2.45, 2.75) is 58.5 Å². The molecule has 0 bridgehead atoms. The van der Waals surface area contributed by atoms with Gasteiger partial charge in [0.1, 0.15) is 0 Å². The molecule has 140 valence electrons. The number of hydrogen-bond donors (Lipinski definition) is 0. The maximum atomic E-state index is 12.6. The van der Waals surface area contributed by atoms with Crippen LogP contribution in [0.15, 0.2) is 42.5 Å². The van der Waals surface area contributed by atoms with E-state index in [1.165, 1.54) is 29.2 Å². The third kappa shape index (κ3) is 4.85. The van der Waals surface area contributed by atoms with E-state index in [2.05, 4.69) is 61.2 Å². The van der Waals surface area contributed by atoms with Gasteiger partial charge in [0.15, 0.2) is 0 Å². The normalized spacial score (nSPS) is 14.1. The van der Waals surface area contributed by atoms with Gasteiger partial charge in [-0.3, -0.25) is 9.69 Å². The molecule has 3 rings (SSSR count). The van der Waals surface area contributed by atoms with Crippen molar-refractivity contribution in [3.63, 3.8) is 0 Å². The molecule has 0 aliphatic heterocycles. The first-order valence-corrected chi connectivity index (χ1v) is 10.2. The lowest BCUT2D eigenvalue weighted by Gasteiger charge is -2.26. The van der Waals surface area contributed by atoms with Crippen molar-refractivity contribution in [3.8, 4) is 0 Å². The molecule has 1 amide bonds. The SMILES string of the molecule is CCCN(CCC)C(=O)CCN(Cc1cccc2ccccc12)C1CC1. The number of nitrogens with zero attached hydrogens (tertiary/aromatic N) is 2. The molecule has 1 saturated carbocycles. The smallest absolute Gasteiger partial charge is 0.223 e. The van der Waals surface area contributed by atoms with Gasteiger partial charge < -0.3 is 4.90 Å². The van der Waals surface area contributed by atoms with Gasteiger partial charge in [-0.15, -0.1) is 0 Å². The number of benzene rings is 2. The molecule has 0 spiro atoms. The molecule has 0 atom stereocenters. The summed E-state index contributed by atoms with van der Waals surface area (Å²) in [5.74, 6) is 0.317. The second-order valence-corrected chi connectivity index (χ2v) is 7.47. The molecule has 1 aliphatic rings. The highest BCUT2D eigenvalue weighted by Crippen LogP contribution is 2.30. The van der Waals surface area contributed by atoms with E-state index >= 15 is 0 Å². The molecule has 2 aromatic rings. The average Bonchev–Trinajstić information content (AvgIpc) is 3.50. The van der Waals surface area contributed by atoms with Gasteiger partial charge in [-0.25, -0.2) is 0 Å². The molecule has 3 nitrogen and oxygen atoms in total. The van der Waals surface area contributed by atoms with Gasteiger partial charge in [-0.1, -0.05) is 56.3 Å². The molecule has 3 heteroatoms. The minimum atomic E-state index is 0.317. The minimum absolute atomic E-state index is 0.317. The lowest BCUT2D eigenvalue weighted by atomic mass is 10.0. The van der Waals surface area contributed by atoms with E-state index < -0.39 is 0 Å². The van der Waals surface area contributed by atoms with Crippen molar-refractivity contribution in [1.82, 2.24) is 9.80 Å². The Kier molecular flexibility index (Phi) is 6.67. The Morgan fingerprint density at radius 1 is 0.962 bits per heavy atom. The summed E-state index contributed by atoms with van der Waals surface area (Å²) in [5, 5.41) is 2.64. The molecule has 1 aliphatic carbocycles. The first kappa shape index (κ1) is 18.9. The Bertz CT molecular complexity index is 712. The summed E-state index contributed by atoms with van der Waals surface area (Å²) in [7, 11) is 0. The fourth-order valence-corrected chi connectivity index (χ4v) is 3.78. The van der Waals surface area contributed by atoms with Gasteiger partial charge >= 0.3 is 0 Å². The van der Waals surface area contributed by atoms with Crippen molar-refractivity contribution in [3.05, 3.63) is 48.0 Å². The number of carbonyl (C=O) groups excluding carboxylic acids is 1. The number of hydrogen-bond acceptors (Lipinski definition) is 2. The van der Waals surface area contributed by atoms with Gasteiger partial charge in [-0.05, 0) is 42.0 Å². The maximum absolute atomic E-state index is 12.6. The third-order valence-electron chi connectivity index (χ3n) is 5.27. The van der Waals surface area contributed by atoms with Crippen LogP contribution in [0.2, 0.25) is 0 Å². The largest absolute Gasteiger partial charge is 0.343 e. The second kappa shape index (κ2) is 9.18. The van der Waals surface area contributed by atoms with E-state index in [-0.39, 0.29) is 0 Å². The van der Waals surface area contributed by atoms with Crippen LogP contribution < -0.4 is 0 Å². The highest BCUT2D eigenvalue weighted by Gasteiger charge is 2.29. The van der Waals surface area contributed by atoms with Crippen LogP contribution >= 0.6 is 0 Å². The highest BCUT2D eigenvalue weighted by molar-refractivity contribution is 5.85. The van der Waals surface area contributed by atoms with Crippen LogP contribution in [-0.4, -0.2) is 41.4 Å². The molecule has 0 aromatic heterocycles. The Labute approximate surface area is 158 Å². The van der Waals surface area contributed by atoms with E-state index in [0.29, 0.717) is 18.4 Å². The molecule has 0 heterocycles. The van der Waals surface area contributed by atoms with E-state index in [4.69, 9.17) is 0 Å². The molecule has 0 N–H and O–H groups in total. The molecule has 26 heavy (non-hydrogen) atoms. The molecule has 2 aromatic carbocycles. The Hall–Kier alpha value is -1.87. The van der Waals surface area contributed by atoms with Crippen LogP contribution in [-0.2, 0) is 11.3 Å². The van der Waals surface area contributed by atoms with E-state index in [0.717, 1.165) is 39.0 Å². The van der Waals surface area contributed by atoms with Crippen molar-refractivity contribution in [1.29, 1.82) is 0 Å². The zero-order chi connectivity index (χ0) is 18.4. The van der Waals surface area contributed by atoms with Gasteiger partial charge in [0.25, 0.3) is 0 Å². The van der Waals surface area contributed by atoms with Gasteiger partial charge in [0.05, 0.1) is 0 Å². The molecule has 1 fully saturated rings. The Morgan fingerprint density at radius 3 is 2.35 bits per heavy atom. The van der Waals surface area contributed by atoms with E-state index in [1.807, 2.05) is 4.90 Å². The van der Waals surface area contributed by atoms with Crippen LogP contribution in [0.4, 0.5) is 0 Å². The fraction of sp³-hybridized carbons (Fsp3) is 0.522. The number of fused-ring (bicyclic) bond motifs is 1. The predicted molar refractivity (Wildman–Crippen MR) is 109 cm³/mol. The number of rotatable bonds is 10. The molecule has 0 saturated heterocycles. The molecular weight excluding hydrogens is 320 g/mol. The Morgan fingerprint density at radius 2 is 1.65 bits per heavy atom. The summed E-state index contributed by atoms with van der Waals surface area (Å²) in [6, 6.07) is 15.8. The van der Waals surface area contributed by atoms with Crippen LogP contribution in [0.25, 0.3) is 10.8 Å². The average molecular weight is 353 g/mol. The zero-order valence-electron chi connectivity index (χ0n) is 16.3. The maximum Gasteiger partial charge on any atom is 0.223 e. The molecular formula is C23H32N2O. The van der Waals surface area contributed by atoms with E-state index in [1.54, 1.807) is 0 Å². The summed E-state index contributed by atoms with van der Waals surface area (Å²) < 4.78 is 0. The lowest BCUT2D eigenvalue weighted by molar-refractivity contribution is -0.131. The number of amides is 1. The summed E-state index contributed by atoms with van der Waals surface area (Å²) in [5.41, 5.74) is 1.38. The van der Waals surface area contributed by atoms with Gasteiger partial charge in [0.2, 0.25) is 5.91 Å². The van der Waals surface area contributed by atoms with Crippen LogP contribution in [0, 0.1) is 0 Å². The monoisotopic (exact) mass is 352 g/mol. The van der Waals surface area contributed by atoms with Crippen molar-refractivity contribution in [2.24, 2.45) is 0 Å². The summed E-state index contributed by atoms with van der Waals surface area (Å²) in [6.45, 7) is 7.89. The topological polar surface area (TPSA) is 23.6 Å². The van der Waals surface area contributed by atoms with Gasteiger partial charge in [0, 0.05) is 38.6 Å².